The molecule has 1 fully saturated rings. The van der Waals surface area contributed by atoms with Crippen molar-refractivity contribution in [2.45, 2.75) is 45.6 Å². The van der Waals surface area contributed by atoms with Gasteiger partial charge in [-0.25, -0.2) is 0 Å². The van der Waals surface area contributed by atoms with Gasteiger partial charge in [0.15, 0.2) is 0 Å². The average molecular weight is 247 g/mol. The fourth-order valence-corrected chi connectivity index (χ4v) is 2.22. The number of aromatic hydroxyl groups is 1. The van der Waals surface area contributed by atoms with Crippen molar-refractivity contribution < 1.29 is 9.90 Å². The van der Waals surface area contributed by atoms with Gasteiger partial charge in [0.1, 0.15) is 5.75 Å². The molecule has 1 saturated carbocycles. The van der Waals surface area contributed by atoms with Gasteiger partial charge in [-0.05, 0) is 37.8 Å². The molecule has 1 atom stereocenters. The molecular weight excluding hydrogens is 226 g/mol. The quantitative estimate of drug-likeness (QED) is 0.840. The SMILES string of the molecule is CCC(CC1CC1)NC(=O)c1cccc(O)c1C. The first kappa shape index (κ1) is 12.9. The first-order chi connectivity index (χ1) is 8.61. The van der Waals surface area contributed by atoms with Crippen LogP contribution in [0.4, 0.5) is 0 Å². The lowest BCUT2D eigenvalue weighted by atomic mass is 10.0. The third kappa shape index (κ3) is 3.03. The van der Waals surface area contributed by atoms with Crippen LogP contribution in [0, 0.1) is 12.8 Å². The molecule has 0 spiro atoms. The van der Waals surface area contributed by atoms with Gasteiger partial charge in [-0.2, -0.15) is 0 Å². The first-order valence-corrected chi connectivity index (χ1v) is 6.71. The fourth-order valence-electron chi connectivity index (χ4n) is 2.22. The highest BCUT2D eigenvalue weighted by atomic mass is 16.3. The van der Waals surface area contributed by atoms with Gasteiger partial charge in [0.25, 0.3) is 5.91 Å². The highest BCUT2D eigenvalue weighted by Crippen LogP contribution is 2.34. The molecule has 1 aliphatic carbocycles. The maximum absolute atomic E-state index is 12.2. The summed E-state index contributed by atoms with van der Waals surface area (Å²) in [5, 5.41) is 12.7. The molecular formula is C15H21NO2. The second-order valence-electron chi connectivity index (χ2n) is 5.21. The van der Waals surface area contributed by atoms with Crippen LogP contribution in [-0.2, 0) is 0 Å². The van der Waals surface area contributed by atoms with E-state index in [9.17, 15) is 9.90 Å². The number of phenolic OH excluding ortho intramolecular Hbond substituents is 1. The smallest absolute Gasteiger partial charge is 0.251 e. The number of phenols is 1. The van der Waals surface area contributed by atoms with E-state index in [0.29, 0.717) is 11.1 Å². The molecule has 3 nitrogen and oxygen atoms in total. The Morgan fingerprint density at radius 1 is 1.50 bits per heavy atom. The van der Waals surface area contributed by atoms with Crippen molar-refractivity contribution >= 4 is 5.91 Å². The molecule has 2 N–H and O–H groups in total. The monoisotopic (exact) mass is 247 g/mol. The van der Waals surface area contributed by atoms with Crippen molar-refractivity contribution in [2.24, 2.45) is 5.92 Å². The van der Waals surface area contributed by atoms with Gasteiger partial charge in [0.05, 0.1) is 0 Å². The molecule has 0 bridgehead atoms. The van der Waals surface area contributed by atoms with Crippen molar-refractivity contribution in [1.82, 2.24) is 5.32 Å². The Labute approximate surface area is 108 Å². The molecule has 3 heteroatoms. The second kappa shape index (κ2) is 5.42. The third-order valence-electron chi connectivity index (χ3n) is 3.69. The number of rotatable bonds is 5. The Kier molecular flexibility index (Phi) is 3.90. The van der Waals surface area contributed by atoms with Crippen LogP contribution in [0.1, 0.15) is 48.5 Å². The zero-order valence-electron chi connectivity index (χ0n) is 11.1. The molecule has 0 aliphatic heterocycles. The second-order valence-corrected chi connectivity index (χ2v) is 5.21. The number of nitrogens with one attached hydrogen (secondary N) is 1. The summed E-state index contributed by atoms with van der Waals surface area (Å²) in [7, 11) is 0. The Morgan fingerprint density at radius 2 is 2.22 bits per heavy atom. The minimum absolute atomic E-state index is 0.0732. The van der Waals surface area contributed by atoms with Crippen molar-refractivity contribution in [2.75, 3.05) is 0 Å². The molecule has 1 unspecified atom stereocenters. The molecule has 0 radical (unpaired) electrons. The first-order valence-electron chi connectivity index (χ1n) is 6.71. The maximum atomic E-state index is 12.2. The molecule has 18 heavy (non-hydrogen) atoms. The van der Waals surface area contributed by atoms with E-state index in [1.165, 1.54) is 12.8 Å². The van der Waals surface area contributed by atoms with Gasteiger partial charge < -0.3 is 10.4 Å². The number of amides is 1. The van der Waals surface area contributed by atoms with Gasteiger partial charge in [-0.1, -0.05) is 25.8 Å². The summed E-state index contributed by atoms with van der Waals surface area (Å²) in [5.41, 5.74) is 1.22. The highest BCUT2D eigenvalue weighted by Gasteiger charge is 2.26. The predicted molar refractivity (Wildman–Crippen MR) is 71.7 cm³/mol. The normalized spacial score (nSPS) is 16.3. The van der Waals surface area contributed by atoms with E-state index in [4.69, 9.17) is 0 Å². The van der Waals surface area contributed by atoms with E-state index >= 15 is 0 Å². The Morgan fingerprint density at radius 3 is 2.83 bits per heavy atom. The van der Waals surface area contributed by atoms with Crippen molar-refractivity contribution in [3.63, 3.8) is 0 Å². The Balaban J connectivity index is 2.03. The number of hydrogen-bond acceptors (Lipinski definition) is 2. The Bertz CT molecular complexity index is 438. The van der Waals surface area contributed by atoms with Crippen LogP contribution in [0.3, 0.4) is 0 Å². The fraction of sp³-hybridized carbons (Fsp3) is 0.533. The molecule has 0 heterocycles. The summed E-state index contributed by atoms with van der Waals surface area (Å²) in [6.45, 7) is 3.87. The van der Waals surface area contributed by atoms with Gasteiger partial charge in [-0.3, -0.25) is 4.79 Å². The lowest BCUT2D eigenvalue weighted by Gasteiger charge is -2.17. The molecule has 1 aromatic rings. The minimum Gasteiger partial charge on any atom is -0.508 e. The molecule has 1 aliphatic rings. The number of carbonyl (C=O) groups excluding carboxylic acids is 1. The zero-order valence-corrected chi connectivity index (χ0v) is 11.1. The van der Waals surface area contributed by atoms with Crippen LogP contribution in [0.5, 0.6) is 5.75 Å². The lowest BCUT2D eigenvalue weighted by molar-refractivity contribution is 0.0931. The number of benzene rings is 1. The zero-order chi connectivity index (χ0) is 13.1. The lowest BCUT2D eigenvalue weighted by Crippen LogP contribution is -2.35. The van der Waals surface area contributed by atoms with Crippen LogP contribution in [0.25, 0.3) is 0 Å². The van der Waals surface area contributed by atoms with Crippen molar-refractivity contribution in [1.29, 1.82) is 0 Å². The van der Waals surface area contributed by atoms with Gasteiger partial charge >= 0.3 is 0 Å². The third-order valence-corrected chi connectivity index (χ3v) is 3.69. The van der Waals surface area contributed by atoms with Crippen molar-refractivity contribution in [3.8, 4) is 5.75 Å². The summed E-state index contributed by atoms with van der Waals surface area (Å²) < 4.78 is 0. The topological polar surface area (TPSA) is 49.3 Å². The van der Waals surface area contributed by atoms with Crippen LogP contribution >= 0.6 is 0 Å². The number of hydrogen-bond donors (Lipinski definition) is 2. The Hall–Kier alpha value is -1.51. The summed E-state index contributed by atoms with van der Waals surface area (Å²) >= 11 is 0. The van der Waals surface area contributed by atoms with E-state index in [-0.39, 0.29) is 17.7 Å². The van der Waals surface area contributed by atoms with E-state index in [2.05, 4.69) is 12.2 Å². The summed E-state index contributed by atoms with van der Waals surface area (Å²) in [4.78, 5) is 12.2. The predicted octanol–water partition coefficient (Wildman–Crippen LogP) is 3.01. The van der Waals surface area contributed by atoms with Gasteiger partial charge in [0, 0.05) is 17.2 Å². The minimum atomic E-state index is -0.0732. The highest BCUT2D eigenvalue weighted by molar-refractivity contribution is 5.96. The van der Waals surface area contributed by atoms with Crippen LogP contribution in [0.2, 0.25) is 0 Å². The molecule has 98 valence electrons. The van der Waals surface area contributed by atoms with Crippen LogP contribution in [0.15, 0.2) is 18.2 Å². The summed E-state index contributed by atoms with van der Waals surface area (Å²) in [6.07, 6.45) is 4.65. The summed E-state index contributed by atoms with van der Waals surface area (Å²) in [5.74, 6) is 0.911. The van der Waals surface area contributed by atoms with Crippen LogP contribution < -0.4 is 5.32 Å². The molecule has 1 amide bonds. The van der Waals surface area contributed by atoms with E-state index < -0.39 is 0 Å². The van der Waals surface area contributed by atoms with E-state index in [1.807, 2.05) is 0 Å². The van der Waals surface area contributed by atoms with Gasteiger partial charge in [-0.15, -0.1) is 0 Å². The molecule has 0 saturated heterocycles. The number of carbonyl (C=O) groups is 1. The van der Waals surface area contributed by atoms with Gasteiger partial charge in [0.2, 0.25) is 0 Å². The molecule has 1 aromatic carbocycles. The van der Waals surface area contributed by atoms with Crippen molar-refractivity contribution in [3.05, 3.63) is 29.3 Å². The average Bonchev–Trinajstić information content (AvgIpc) is 3.15. The maximum Gasteiger partial charge on any atom is 0.251 e. The molecule has 2 rings (SSSR count). The van der Waals surface area contributed by atoms with E-state index in [1.54, 1.807) is 25.1 Å². The van der Waals surface area contributed by atoms with Crippen LogP contribution in [-0.4, -0.2) is 17.1 Å². The summed E-state index contributed by atoms with van der Waals surface area (Å²) in [6, 6.07) is 5.33. The largest absolute Gasteiger partial charge is 0.508 e. The van der Waals surface area contributed by atoms with E-state index in [0.717, 1.165) is 18.8 Å². The standard InChI is InChI=1S/C15H21NO2/c1-3-12(9-11-7-8-11)16-15(18)13-5-4-6-14(17)10(13)2/h4-6,11-12,17H,3,7-9H2,1-2H3,(H,16,18). The molecule has 0 aromatic heterocycles.